The molecule has 0 radical (unpaired) electrons. The van der Waals surface area contributed by atoms with Crippen LogP contribution in [0.15, 0.2) is 59.5 Å². The summed E-state index contributed by atoms with van der Waals surface area (Å²) < 4.78 is 27.2. The van der Waals surface area contributed by atoms with E-state index >= 15 is 0 Å². The van der Waals surface area contributed by atoms with Crippen LogP contribution in [0.25, 0.3) is 6.08 Å². The van der Waals surface area contributed by atoms with Crippen molar-refractivity contribution in [1.29, 1.82) is 0 Å². The highest BCUT2D eigenvalue weighted by Gasteiger charge is 2.31. The van der Waals surface area contributed by atoms with Gasteiger partial charge in [0.25, 0.3) is 5.69 Å². The molecule has 1 aliphatic rings. The van der Waals surface area contributed by atoms with Gasteiger partial charge in [-0.1, -0.05) is 36.4 Å². The fraction of sp³-hybridized carbons (Fsp3) is 0.250. The molecule has 9 heteroatoms. The fourth-order valence-electron chi connectivity index (χ4n) is 3.11. The smallest absolute Gasteiger partial charge is 0.270 e. The van der Waals surface area contributed by atoms with Crippen LogP contribution in [0.3, 0.4) is 0 Å². The lowest BCUT2D eigenvalue weighted by Crippen LogP contribution is -2.50. The molecule has 0 atom stereocenters. The molecule has 0 spiro atoms. The standard InChI is InChI=1S/C20H21N3O5S/c1-16-7-9-18(23(25)26)15-19(16)29(27,28)22-13-11-21(12-14-22)20(24)10-8-17-5-3-2-4-6-17/h2-10,15H,11-14H2,1H3. The van der Waals surface area contributed by atoms with E-state index in [2.05, 4.69) is 0 Å². The van der Waals surface area contributed by atoms with Crippen LogP contribution in [-0.4, -0.2) is 54.6 Å². The molecule has 1 saturated heterocycles. The number of piperazine rings is 1. The zero-order chi connectivity index (χ0) is 21.0. The van der Waals surface area contributed by atoms with E-state index in [9.17, 15) is 23.3 Å². The zero-order valence-electron chi connectivity index (χ0n) is 15.9. The number of hydrogen-bond donors (Lipinski definition) is 0. The van der Waals surface area contributed by atoms with Gasteiger partial charge in [-0.2, -0.15) is 4.31 Å². The minimum Gasteiger partial charge on any atom is -0.337 e. The van der Waals surface area contributed by atoms with Gasteiger partial charge in [-0.05, 0) is 24.1 Å². The van der Waals surface area contributed by atoms with Crippen LogP contribution in [0.2, 0.25) is 0 Å². The zero-order valence-corrected chi connectivity index (χ0v) is 16.7. The van der Waals surface area contributed by atoms with Gasteiger partial charge in [0.15, 0.2) is 0 Å². The Labute approximate surface area is 169 Å². The van der Waals surface area contributed by atoms with Crippen molar-refractivity contribution >= 4 is 27.7 Å². The van der Waals surface area contributed by atoms with Crippen molar-refractivity contribution in [2.45, 2.75) is 11.8 Å². The number of carbonyl (C=O) groups excluding carboxylic acids is 1. The van der Waals surface area contributed by atoms with E-state index in [1.807, 2.05) is 30.3 Å². The SMILES string of the molecule is Cc1ccc([N+](=O)[O-])cc1S(=O)(=O)N1CCN(C(=O)C=Cc2ccccc2)CC1. The summed E-state index contributed by atoms with van der Waals surface area (Å²) >= 11 is 0. The molecule has 0 N–H and O–H groups in total. The molecule has 8 nitrogen and oxygen atoms in total. The molecule has 0 aliphatic carbocycles. The van der Waals surface area contributed by atoms with Crippen LogP contribution < -0.4 is 0 Å². The van der Waals surface area contributed by atoms with E-state index in [-0.39, 0.29) is 42.7 Å². The number of benzene rings is 2. The second-order valence-corrected chi connectivity index (χ2v) is 8.59. The Kier molecular flexibility index (Phi) is 6.09. The number of non-ortho nitro benzene ring substituents is 1. The number of nitro groups is 1. The predicted molar refractivity (Wildman–Crippen MR) is 109 cm³/mol. The first-order chi connectivity index (χ1) is 13.8. The highest BCUT2D eigenvalue weighted by Crippen LogP contribution is 2.25. The second-order valence-electron chi connectivity index (χ2n) is 6.68. The molecule has 29 heavy (non-hydrogen) atoms. The summed E-state index contributed by atoms with van der Waals surface area (Å²) in [5.41, 5.74) is 1.08. The molecule has 1 fully saturated rings. The number of carbonyl (C=O) groups is 1. The monoisotopic (exact) mass is 415 g/mol. The molecular weight excluding hydrogens is 394 g/mol. The number of sulfonamides is 1. The lowest BCUT2D eigenvalue weighted by molar-refractivity contribution is -0.385. The molecule has 0 unspecified atom stereocenters. The molecule has 2 aromatic carbocycles. The Hall–Kier alpha value is -3.04. The molecule has 0 bridgehead atoms. The first-order valence-corrected chi connectivity index (χ1v) is 10.5. The summed E-state index contributed by atoms with van der Waals surface area (Å²) in [6, 6.07) is 13.2. The van der Waals surface area contributed by atoms with Gasteiger partial charge in [-0.3, -0.25) is 14.9 Å². The van der Waals surface area contributed by atoms with Gasteiger partial charge in [0.2, 0.25) is 15.9 Å². The molecule has 0 saturated carbocycles. The third-order valence-electron chi connectivity index (χ3n) is 4.77. The molecule has 152 valence electrons. The summed E-state index contributed by atoms with van der Waals surface area (Å²) in [4.78, 5) is 24.3. The molecule has 0 aromatic heterocycles. The largest absolute Gasteiger partial charge is 0.337 e. The van der Waals surface area contributed by atoms with Gasteiger partial charge in [0, 0.05) is 44.4 Å². The van der Waals surface area contributed by atoms with Gasteiger partial charge in [0.05, 0.1) is 9.82 Å². The molecule has 3 rings (SSSR count). The van der Waals surface area contributed by atoms with Crippen molar-refractivity contribution in [3.8, 4) is 0 Å². The number of rotatable bonds is 5. The summed E-state index contributed by atoms with van der Waals surface area (Å²) in [5.74, 6) is -0.183. The molecule has 2 aromatic rings. The van der Waals surface area contributed by atoms with Crippen molar-refractivity contribution in [2.75, 3.05) is 26.2 Å². The van der Waals surface area contributed by atoms with Crippen LogP contribution >= 0.6 is 0 Å². The number of nitrogens with zero attached hydrogens (tertiary/aromatic N) is 3. The second kappa shape index (κ2) is 8.54. The van der Waals surface area contributed by atoms with E-state index < -0.39 is 14.9 Å². The summed E-state index contributed by atoms with van der Waals surface area (Å²) in [6.45, 7) is 2.38. The molecular formula is C20H21N3O5S. The van der Waals surface area contributed by atoms with Crippen LogP contribution in [0.1, 0.15) is 11.1 Å². The molecule has 1 heterocycles. The van der Waals surface area contributed by atoms with E-state index in [1.54, 1.807) is 17.9 Å². The first-order valence-electron chi connectivity index (χ1n) is 9.06. The van der Waals surface area contributed by atoms with Crippen molar-refractivity contribution in [3.63, 3.8) is 0 Å². The normalized spacial score (nSPS) is 15.6. The van der Waals surface area contributed by atoms with Crippen molar-refractivity contribution in [2.24, 2.45) is 0 Å². The third kappa shape index (κ3) is 4.69. The Bertz CT molecular complexity index is 1040. The first kappa shape index (κ1) is 20.7. The summed E-state index contributed by atoms with van der Waals surface area (Å²) in [6.07, 6.45) is 3.20. The summed E-state index contributed by atoms with van der Waals surface area (Å²) in [5, 5.41) is 11.0. The minimum atomic E-state index is -3.88. The van der Waals surface area contributed by atoms with Crippen molar-refractivity contribution < 1.29 is 18.1 Å². The van der Waals surface area contributed by atoms with E-state index in [1.165, 1.54) is 22.5 Å². The lowest BCUT2D eigenvalue weighted by Gasteiger charge is -2.33. The average Bonchev–Trinajstić information content (AvgIpc) is 2.73. The predicted octanol–water partition coefficient (Wildman–Crippen LogP) is 2.45. The van der Waals surface area contributed by atoms with E-state index in [0.29, 0.717) is 5.56 Å². The number of hydrogen-bond acceptors (Lipinski definition) is 5. The maximum atomic E-state index is 13.0. The average molecular weight is 415 g/mol. The highest BCUT2D eigenvalue weighted by atomic mass is 32.2. The van der Waals surface area contributed by atoms with Crippen molar-refractivity contribution in [1.82, 2.24) is 9.21 Å². The Morgan fingerprint density at radius 1 is 1.07 bits per heavy atom. The molecule has 1 aliphatic heterocycles. The summed E-state index contributed by atoms with van der Waals surface area (Å²) in [7, 11) is -3.88. The van der Waals surface area contributed by atoms with Crippen molar-refractivity contribution in [3.05, 3.63) is 75.8 Å². The van der Waals surface area contributed by atoms with E-state index in [0.717, 1.165) is 11.6 Å². The Morgan fingerprint density at radius 2 is 1.72 bits per heavy atom. The van der Waals surface area contributed by atoms with Crippen LogP contribution in [0.4, 0.5) is 5.69 Å². The van der Waals surface area contributed by atoms with Gasteiger partial charge >= 0.3 is 0 Å². The topological polar surface area (TPSA) is 101 Å². The number of aryl methyl sites for hydroxylation is 1. The number of amides is 1. The minimum absolute atomic E-state index is 0.0737. The van der Waals surface area contributed by atoms with Gasteiger partial charge in [-0.25, -0.2) is 8.42 Å². The number of nitro benzene ring substituents is 1. The lowest BCUT2D eigenvalue weighted by atomic mass is 10.2. The maximum Gasteiger partial charge on any atom is 0.270 e. The van der Waals surface area contributed by atoms with Crippen LogP contribution in [0.5, 0.6) is 0 Å². The van der Waals surface area contributed by atoms with Crippen LogP contribution in [0, 0.1) is 17.0 Å². The Morgan fingerprint density at radius 3 is 2.34 bits per heavy atom. The molecule has 1 amide bonds. The third-order valence-corrected chi connectivity index (χ3v) is 6.81. The van der Waals surface area contributed by atoms with Gasteiger partial charge < -0.3 is 4.90 Å². The highest BCUT2D eigenvalue weighted by molar-refractivity contribution is 7.89. The fourth-order valence-corrected chi connectivity index (χ4v) is 4.77. The quantitative estimate of drug-likeness (QED) is 0.424. The maximum absolute atomic E-state index is 13.0. The van der Waals surface area contributed by atoms with Crippen LogP contribution in [-0.2, 0) is 14.8 Å². The van der Waals surface area contributed by atoms with Gasteiger partial charge in [0.1, 0.15) is 0 Å². The van der Waals surface area contributed by atoms with E-state index in [4.69, 9.17) is 0 Å². The Balaban J connectivity index is 1.68. The van der Waals surface area contributed by atoms with Gasteiger partial charge in [-0.15, -0.1) is 0 Å².